The number of aromatic nitrogens is 7. The topological polar surface area (TPSA) is 151 Å². The van der Waals surface area contributed by atoms with Gasteiger partial charge in [0.2, 0.25) is 0 Å². The lowest BCUT2D eigenvalue weighted by molar-refractivity contribution is -0.384. The van der Waals surface area contributed by atoms with E-state index in [1.807, 2.05) is 53.1 Å². The number of hydrogen-bond acceptors (Lipinski definition) is 8. The van der Waals surface area contributed by atoms with Gasteiger partial charge in [0.15, 0.2) is 5.82 Å². The number of unbranched alkanes of at least 4 members (excludes halogenated alkanes) is 1. The lowest BCUT2D eigenvalue weighted by Crippen LogP contribution is -2.16. The van der Waals surface area contributed by atoms with Crippen molar-refractivity contribution in [2.75, 3.05) is 0 Å². The van der Waals surface area contributed by atoms with Gasteiger partial charge in [0.25, 0.3) is 5.69 Å². The lowest BCUT2D eigenvalue weighted by Gasteiger charge is -2.15. The Hall–Kier alpha value is -4.42. The van der Waals surface area contributed by atoms with Crippen molar-refractivity contribution in [3.63, 3.8) is 0 Å². The van der Waals surface area contributed by atoms with Gasteiger partial charge in [-0.25, -0.2) is 5.10 Å². The predicted molar refractivity (Wildman–Crippen MR) is 146 cm³/mol. The molecule has 2 aromatic heterocycles. The highest BCUT2D eigenvalue weighted by molar-refractivity contribution is 7.90. The standard InChI is InChI=1S/C27H26N8O3S/c1-2-3-9-25-28-31-27(39(38)18-19-10-13-22(14-11-19)35(36)37)34(25)17-20-12-15-23(21-7-5-4-6-8-21)24(16-20)26-29-32-33-30-26/h4-8,10-16H,2-3,9,17-18H2,1H3,(H,29,30,32,33). The molecule has 5 rings (SSSR count). The van der Waals surface area contributed by atoms with E-state index in [9.17, 15) is 14.7 Å². The molecule has 12 heteroatoms. The molecule has 0 fully saturated rings. The first-order valence-corrected chi connectivity index (χ1v) is 13.8. The minimum Gasteiger partial charge on any atom is -0.609 e. The normalized spacial score (nSPS) is 11.9. The third-order valence-corrected chi connectivity index (χ3v) is 7.61. The molecule has 2 heterocycles. The molecule has 1 N–H and O–H groups in total. The maximum atomic E-state index is 13.4. The molecule has 5 aromatic rings. The van der Waals surface area contributed by atoms with Crippen LogP contribution in [0.25, 0.3) is 22.5 Å². The van der Waals surface area contributed by atoms with E-state index in [1.54, 1.807) is 12.1 Å². The second kappa shape index (κ2) is 12.0. The highest BCUT2D eigenvalue weighted by Crippen LogP contribution is 2.31. The van der Waals surface area contributed by atoms with Crippen molar-refractivity contribution in [3.8, 4) is 22.5 Å². The number of non-ortho nitro benzene ring substituents is 1. The Bertz CT molecular complexity index is 1540. The van der Waals surface area contributed by atoms with E-state index in [0.29, 0.717) is 23.9 Å². The van der Waals surface area contributed by atoms with Gasteiger partial charge >= 0.3 is 5.16 Å². The minimum atomic E-state index is -1.51. The highest BCUT2D eigenvalue weighted by Gasteiger charge is 2.24. The molecule has 0 aliphatic carbocycles. The fraction of sp³-hybridized carbons (Fsp3) is 0.222. The smallest absolute Gasteiger partial charge is 0.343 e. The van der Waals surface area contributed by atoms with Crippen LogP contribution < -0.4 is 0 Å². The molecule has 0 aliphatic rings. The SMILES string of the molecule is CCCCc1nnc([S+]([O-])Cc2ccc([N+](=O)[O-])cc2)n1Cc1ccc(-c2ccccc2)c(-c2nnn[nH]2)c1. The molecule has 0 amide bonds. The summed E-state index contributed by atoms with van der Waals surface area (Å²) in [4.78, 5) is 10.5. The van der Waals surface area contributed by atoms with Gasteiger partial charge in [-0.1, -0.05) is 60.9 Å². The van der Waals surface area contributed by atoms with Gasteiger partial charge in [-0.15, -0.1) is 10.2 Å². The average molecular weight is 543 g/mol. The van der Waals surface area contributed by atoms with Gasteiger partial charge in [-0.3, -0.25) is 14.7 Å². The van der Waals surface area contributed by atoms with Crippen LogP contribution in [0.15, 0.2) is 78.0 Å². The minimum absolute atomic E-state index is 0.00809. The van der Waals surface area contributed by atoms with Crippen LogP contribution in [0.3, 0.4) is 0 Å². The second-order valence-electron chi connectivity index (χ2n) is 9.00. The van der Waals surface area contributed by atoms with Gasteiger partial charge in [-0.05, 0) is 51.7 Å². The van der Waals surface area contributed by atoms with Crippen molar-refractivity contribution in [2.45, 2.75) is 43.6 Å². The van der Waals surface area contributed by atoms with Crippen LogP contribution in [-0.2, 0) is 29.9 Å². The first-order chi connectivity index (χ1) is 19.0. The van der Waals surface area contributed by atoms with Crippen molar-refractivity contribution in [1.29, 1.82) is 0 Å². The Labute approximate surface area is 227 Å². The zero-order valence-electron chi connectivity index (χ0n) is 21.2. The first kappa shape index (κ1) is 26.2. The van der Waals surface area contributed by atoms with Crippen LogP contribution in [-0.4, -0.2) is 44.9 Å². The number of nitro groups is 1. The average Bonchev–Trinajstić information content (AvgIpc) is 3.63. The Kier molecular flexibility index (Phi) is 8.04. The Morgan fingerprint density at radius 3 is 2.41 bits per heavy atom. The summed E-state index contributed by atoms with van der Waals surface area (Å²) in [7, 11) is 0. The lowest BCUT2D eigenvalue weighted by atomic mass is 9.97. The van der Waals surface area contributed by atoms with E-state index >= 15 is 0 Å². The van der Waals surface area contributed by atoms with Gasteiger partial charge in [0.1, 0.15) is 11.6 Å². The third kappa shape index (κ3) is 6.02. The van der Waals surface area contributed by atoms with Gasteiger partial charge in [-0.2, -0.15) is 0 Å². The van der Waals surface area contributed by atoms with Gasteiger partial charge in [0, 0.05) is 40.9 Å². The fourth-order valence-electron chi connectivity index (χ4n) is 4.31. The fourth-order valence-corrected chi connectivity index (χ4v) is 5.48. The number of tetrazole rings is 1. The van der Waals surface area contributed by atoms with Crippen LogP contribution in [0, 0.1) is 10.1 Å². The van der Waals surface area contributed by atoms with E-state index < -0.39 is 16.1 Å². The summed E-state index contributed by atoms with van der Waals surface area (Å²) in [5, 5.41) is 34.5. The largest absolute Gasteiger partial charge is 0.609 e. The summed E-state index contributed by atoms with van der Waals surface area (Å²) in [6.07, 6.45) is 2.62. The number of nitrogens with one attached hydrogen (secondary N) is 1. The maximum Gasteiger partial charge on any atom is 0.343 e. The number of rotatable bonds is 11. The zero-order chi connectivity index (χ0) is 27.2. The molecule has 0 aliphatic heterocycles. The number of hydrogen-bond donors (Lipinski definition) is 1. The molecule has 0 saturated carbocycles. The number of aryl methyl sites for hydroxylation is 1. The molecule has 11 nitrogen and oxygen atoms in total. The zero-order valence-corrected chi connectivity index (χ0v) is 22.0. The van der Waals surface area contributed by atoms with Crippen LogP contribution in [0.2, 0.25) is 0 Å². The third-order valence-electron chi connectivity index (χ3n) is 6.31. The first-order valence-electron chi connectivity index (χ1n) is 12.5. The number of aromatic amines is 1. The quantitative estimate of drug-likeness (QED) is 0.143. The van der Waals surface area contributed by atoms with Crippen LogP contribution in [0.1, 0.15) is 36.7 Å². The van der Waals surface area contributed by atoms with E-state index in [-0.39, 0.29) is 11.4 Å². The van der Waals surface area contributed by atoms with E-state index in [4.69, 9.17) is 0 Å². The van der Waals surface area contributed by atoms with E-state index in [1.165, 1.54) is 12.1 Å². The summed E-state index contributed by atoms with van der Waals surface area (Å²) >= 11 is -1.51. The maximum absolute atomic E-state index is 13.4. The summed E-state index contributed by atoms with van der Waals surface area (Å²) in [6, 6.07) is 22.2. The molecule has 0 spiro atoms. The molecule has 0 radical (unpaired) electrons. The van der Waals surface area contributed by atoms with Crippen molar-refractivity contribution in [2.24, 2.45) is 0 Å². The van der Waals surface area contributed by atoms with Gasteiger partial charge < -0.3 is 4.55 Å². The monoisotopic (exact) mass is 542 g/mol. The molecule has 0 saturated heterocycles. The molecule has 39 heavy (non-hydrogen) atoms. The number of benzene rings is 3. The molecular formula is C27H26N8O3S. The van der Waals surface area contributed by atoms with Gasteiger partial charge in [0.05, 0.1) is 11.5 Å². The highest BCUT2D eigenvalue weighted by atomic mass is 32.2. The Balaban J connectivity index is 1.47. The molecule has 1 atom stereocenters. The summed E-state index contributed by atoms with van der Waals surface area (Å²) < 4.78 is 15.4. The molecular weight excluding hydrogens is 516 g/mol. The summed E-state index contributed by atoms with van der Waals surface area (Å²) in [5.41, 5.74) is 4.53. The molecule has 0 bridgehead atoms. The van der Waals surface area contributed by atoms with E-state index in [2.05, 4.69) is 37.7 Å². The van der Waals surface area contributed by atoms with E-state index in [0.717, 1.165) is 46.5 Å². The van der Waals surface area contributed by atoms with Crippen LogP contribution in [0.4, 0.5) is 5.69 Å². The number of H-pyrrole nitrogens is 1. The van der Waals surface area contributed by atoms with Crippen LogP contribution in [0.5, 0.6) is 0 Å². The summed E-state index contributed by atoms with van der Waals surface area (Å²) in [6.45, 7) is 2.52. The van der Waals surface area contributed by atoms with Crippen LogP contribution >= 0.6 is 0 Å². The Morgan fingerprint density at radius 1 is 0.949 bits per heavy atom. The summed E-state index contributed by atoms with van der Waals surface area (Å²) in [5.74, 6) is 1.48. The predicted octanol–water partition coefficient (Wildman–Crippen LogP) is 4.73. The second-order valence-corrected chi connectivity index (χ2v) is 10.3. The van der Waals surface area contributed by atoms with Crippen molar-refractivity contribution in [3.05, 3.63) is 99.9 Å². The van der Waals surface area contributed by atoms with Crippen molar-refractivity contribution < 1.29 is 9.48 Å². The Morgan fingerprint density at radius 2 is 1.72 bits per heavy atom. The number of nitro benzene ring substituents is 1. The molecule has 198 valence electrons. The number of nitrogens with zero attached hydrogens (tertiary/aromatic N) is 7. The molecule has 3 aromatic carbocycles. The van der Waals surface area contributed by atoms with Crippen molar-refractivity contribution >= 4 is 16.9 Å². The van der Waals surface area contributed by atoms with Crippen molar-refractivity contribution in [1.82, 2.24) is 35.4 Å². The molecule has 1 unspecified atom stereocenters.